The lowest BCUT2D eigenvalue weighted by Crippen LogP contribution is -2.38. The lowest BCUT2D eigenvalue weighted by Gasteiger charge is -2.23. The van der Waals surface area contributed by atoms with E-state index >= 15 is 0 Å². The van der Waals surface area contributed by atoms with Crippen molar-refractivity contribution in [3.63, 3.8) is 0 Å². The Morgan fingerprint density at radius 3 is 2.58 bits per heavy atom. The number of carbonyl (C=O) groups is 2. The first-order chi connectivity index (χ1) is 8.74. The maximum atomic E-state index is 11.8. The van der Waals surface area contributed by atoms with E-state index in [9.17, 15) is 9.59 Å². The molecule has 19 heavy (non-hydrogen) atoms. The van der Waals surface area contributed by atoms with Gasteiger partial charge < -0.3 is 15.2 Å². The highest BCUT2D eigenvalue weighted by molar-refractivity contribution is 5.84. The van der Waals surface area contributed by atoms with Crippen molar-refractivity contribution < 1.29 is 19.4 Å². The zero-order chi connectivity index (χ0) is 14.6. The Balaban J connectivity index is 2.40. The van der Waals surface area contributed by atoms with Crippen LogP contribution < -0.4 is 5.32 Å². The molecule has 2 atom stereocenters. The molecular weight excluding hydrogens is 246 g/mol. The van der Waals surface area contributed by atoms with Gasteiger partial charge in [0.1, 0.15) is 0 Å². The SMILES string of the molecule is CC(C)C1OCCC1CNC(=O)CC(C)(C)C(=O)O. The molecule has 0 aromatic rings. The summed E-state index contributed by atoms with van der Waals surface area (Å²) in [6.45, 7) is 8.65. The molecule has 1 aliphatic rings. The number of rotatable bonds is 6. The molecule has 0 spiro atoms. The molecule has 1 rings (SSSR count). The van der Waals surface area contributed by atoms with E-state index in [2.05, 4.69) is 19.2 Å². The van der Waals surface area contributed by atoms with Crippen molar-refractivity contribution >= 4 is 11.9 Å². The average molecular weight is 271 g/mol. The molecule has 0 radical (unpaired) electrons. The minimum Gasteiger partial charge on any atom is -0.481 e. The van der Waals surface area contributed by atoms with E-state index in [-0.39, 0.29) is 18.4 Å². The van der Waals surface area contributed by atoms with Crippen LogP contribution in [0.15, 0.2) is 0 Å². The zero-order valence-corrected chi connectivity index (χ0v) is 12.2. The summed E-state index contributed by atoms with van der Waals surface area (Å²) in [5.41, 5.74) is -1.02. The van der Waals surface area contributed by atoms with Gasteiger partial charge in [-0.15, -0.1) is 0 Å². The quantitative estimate of drug-likeness (QED) is 0.770. The number of carbonyl (C=O) groups excluding carboxylic acids is 1. The maximum absolute atomic E-state index is 11.8. The zero-order valence-electron chi connectivity index (χ0n) is 12.2. The summed E-state index contributed by atoms with van der Waals surface area (Å²) in [4.78, 5) is 22.7. The van der Waals surface area contributed by atoms with Crippen molar-refractivity contribution in [2.45, 2.75) is 46.6 Å². The van der Waals surface area contributed by atoms with Crippen LogP contribution in [0, 0.1) is 17.3 Å². The molecule has 5 nitrogen and oxygen atoms in total. The monoisotopic (exact) mass is 271 g/mol. The summed E-state index contributed by atoms with van der Waals surface area (Å²) >= 11 is 0. The van der Waals surface area contributed by atoms with Crippen LogP contribution in [0.3, 0.4) is 0 Å². The molecule has 0 bridgehead atoms. The molecule has 1 fully saturated rings. The number of nitrogens with one attached hydrogen (secondary N) is 1. The van der Waals surface area contributed by atoms with E-state index in [1.165, 1.54) is 0 Å². The normalized spacial score (nSPS) is 23.6. The third kappa shape index (κ3) is 4.49. The van der Waals surface area contributed by atoms with E-state index in [0.717, 1.165) is 13.0 Å². The number of hydrogen-bond donors (Lipinski definition) is 2. The lowest BCUT2D eigenvalue weighted by molar-refractivity contribution is -0.149. The van der Waals surface area contributed by atoms with Crippen molar-refractivity contribution in [1.29, 1.82) is 0 Å². The second-order valence-electron chi connectivity index (χ2n) is 6.30. The summed E-state index contributed by atoms with van der Waals surface area (Å²) in [5.74, 6) is -0.398. The highest BCUT2D eigenvalue weighted by atomic mass is 16.5. The molecule has 2 unspecified atom stereocenters. The molecular formula is C14H25NO4. The van der Waals surface area contributed by atoms with Crippen LogP contribution in [0.5, 0.6) is 0 Å². The second kappa shape index (κ2) is 6.37. The van der Waals surface area contributed by atoms with Crippen LogP contribution >= 0.6 is 0 Å². The van der Waals surface area contributed by atoms with Gasteiger partial charge in [0.2, 0.25) is 5.91 Å². The predicted octanol–water partition coefficient (Wildman–Crippen LogP) is 1.66. The van der Waals surface area contributed by atoms with E-state index in [0.29, 0.717) is 18.4 Å². The van der Waals surface area contributed by atoms with Gasteiger partial charge in [-0.3, -0.25) is 9.59 Å². The summed E-state index contributed by atoms with van der Waals surface area (Å²) in [6, 6.07) is 0. The van der Waals surface area contributed by atoms with Crippen molar-refractivity contribution in [2.75, 3.05) is 13.2 Å². The highest BCUT2D eigenvalue weighted by Crippen LogP contribution is 2.26. The number of amides is 1. The highest BCUT2D eigenvalue weighted by Gasteiger charge is 2.33. The number of ether oxygens (including phenoxy) is 1. The first-order valence-electron chi connectivity index (χ1n) is 6.85. The van der Waals surface area contributed by atoms with Gasteiger partial charge in [0.05, 0.1) is 11.5 Å². The molecule has 1 saturated heterocycles. The van der Waals surface area contributed by atoms with Crippen LogP contribution in [0.4, 0.5) is 0 Å². The Morgan fingerprint density at radius 2 is 2.05 bits per heavy atom. The molecule has 110 valence electrons. The van der Waals surface area contributed by atoms with Crippen LogP contribution in [0.1, 0.15) is 40.5 Å². The van der Waals surface area contributed by atoms with Gasteiger partial charge in [0.15, 0.2) is 0 Å². The van der Waals surface area contributed by atoms with Crippen LogP contribution in [-0.4, -0.2) is 36.2 Å². The van der Waals surface area contributed by atoms with Crippen LogP contribution in [0.2, 0.25) is 0 Å². The summed E-state index contributed by atoms with van der Waals surface area (Å²) < 4.78 is 5.65. The van der Waals surface area contributed by atoms with E-state index in [1.54, 1.807) is 13.8 Å². The van der Waals surface area contributed by atoms with Gasteiger partial charge >= 0.3 is 5.97 Å². The first kappa shape index (κ1) is 16.0. The number of carboxylic acids is 1. The largest absolute Gasteiger partial charge is 0.481 e. The standard InChI is InChI=1S/C14H25NO4/c1-9(2)12-10(5-6-19-12)8-15-11(16)7-14(3,4)13(17)18/h9-10,12H,5-8H2,1-4H3,(H,15,16)(H,17,18). The van der Waals surface area contributed by atoms with Gasteiger partial charge in [-0.2, -0.15) is 0 Å². The fourth-order valence-electron chi connectivity index (χ4n) is 2.40. The molecule has 0 aliphatic carbocycles. The molecule has 5 heteroatoms. The summed E-state index contributed by atoms with van der Waals surface area (Å²) in [7, 11) is 0. The van der Waals surface area contributed by atoms with Gasteiger partial charge in [-0.05, 0) is 26.2 Å². The Morgan fingerprint density at radius 1 is 1.42 bits per heavy atom. The molecule has 0 aromatic carbocycles. The van der Waals surface area contributed by atoms with Crippen molar-refractivity contribution in [3.8, 4) is 0 Å². The molecule has 1 heterocycles. The number of carboxylic acid groups (broad SMARTS) is 1. The summed E-state index contributed by atoms with van der Waals surface area (Å²) in [6.07, 6.45) is 1.14. The minimum absolute atomic E-state index is 0.00224. The third-order valence-electron chi connectivity index (χ3n) is 3.66. The summed E-state index contributed by atoms with van der Waals surface area (Å²) in [5, 5.41) is 11.8. The molecule has 1 amide bonds. The maximum Gasteiger partial charge on any atom is 0.309 e. The first-order valence-corrected chi connectivity index (χ1v) is 6.85. The van der Waals surface area contributed by atoms with Gasteiger partial charge in [-0.25, -0.2) is 0 Å². The Kier molecular flexibility index (Phi) is 5.35. The Labute approximate surface area is 114 Å². The van der Waals surface area contributed by atoms with Crippen molar-refractivity contribution in [1.82, 2.24) is 5.32 Å². The third-order valence-corrected chi connectivity index (χ3v) is 3.66. The van der Waals surface area contributed by atoms with Crippen LogP contribution in [0.25, 0.3) is 0 Å². The number of hydrogen-bond acceptors (Lipinski definition) is 3. The number of aliphatic carboxylic acids is 1. The Hall–Kier alpha value is -1.10. The second-order valence-corrected chi connectivity index (χ2v) is 6.30. The average Bonchev–Trinajstić information content (AvgIpc) is 2.73. The van der Waals surface area contributed by atoms with Crippen LogP contribution in [-0.2, 0) is 14.3 Å². The molecule has 2 N–H and O–H groups in total. The smallest absolute Gasteiger partial charge is 0.309 e. The molecule has 1 aliphatic heterocycles. The predicted molar refractivity (Wildman–Crippen MR) is 71.7 cm³/mol. The van der Waals surface area contributed by atoms with E-state index in [4.69, 9.17) is 9.84 Å². The van der Waals surface area contributed by atoms with Gasteiger partial charge in [-0.1, -0.05) is 13.8 Å². The van der Waals surface area contributed by atoms with E-state index < -0.39 is 11.4 Å². The Bertz CT molecular complexity index is 338. The molecule has 0 aromatic heterocycles. The fraction of sp³-hybridized carbons (Fsp3) is 0.857. The fourth-order valence-corrected chi connectivity index (χ4v) is 2.40. The van der Waals surface area contributed by atoms with E-state index in [1.807, 2.05) is 0 Å². The van der Waals surface area contributed by atoms with Gasteiger partial charge in [0.25, 0.3) is 0 Å². The van der Waals surface area contributed by atoms with Crippen molar-refractivity contribution in [3.05, 3.63) is 0 Å². The van der Waals surface area contributed by atoms with Gasteiger partial charge in [0, 0.05) is 25.5 Å². The lowest BCUT2D eigenvalue weighted by atomic mass is 9.89. The minimum atomic E-state index is -1.02. The molecule has 0 saturated carbocycles. The van der Waals surface area contributed by atoms with Crippen molar-refractivity contribution in [2.24, 2.45) is 17.3 Å². The topological polar surface area (TPSA) is 75.6 Å².